The number of hydrogen-bond donors (Lipinski definition) is 1. The molecule has 18 heavy (non-hydrogen) atoms. The van der Waals surface area contributed by atoms with Crippen LogP contribution >= 0.6 is 0 Å². The van der Waals surface area contributed by atoms with Gasteiger partial charge in [0, 0.05) is 23.7 Å². The summed E-state index contributed by atoms with van der Waals surface area (Å²) in [5, 5.41) is 9.37. The summed E-state index contributed by atoms with van der Waals surface area (Å²) in [4.78, 5) is 12.1. The molecule has 90 valence electrons. The maximum absolute atomic E-state index is 9.37. The molecule has 0 amide bonds. The summed E-state index contributed by atoms with van der Waals surface area (Å²) in [6.07, 6.45) is 6.62. The maximum Gasteiger partial charge on any atom is 0.149 e. The molecule has 0 unspecified atom stereocenters. The number of H-pyrrole nitrogens is 1. The van der Waals surface area contributed by atoms with Crippen molar-refractivity contribution in [2.45, 2.75) is 31.6 Å². The zero-order chi connectivity index (χ0) is 12.6. The standard InChI is InChI=1S/C14H14N4/c1-10-7-12(11-3-6-16-8-11)18-13(17-10)14(9-15)4-2-5-14/h3,6-8,16H,2,4-5H2,1H3. The van der Waals surface area contributed by atoms with Gasteiger partial charge in [0.25, 0.3) is 0 Å². The molecule has 0 aromatic carbocycles. The SMILES string of the molecule is Cc1cc(-c2cc[nH]c2)nc(C2(C#N)CCC2)n1. The van der Waals surface area contributed by atoms with Crippen LogP contribution in [0.4, 0.5) is 0 Å². The average Bonchev–Trinajstić information content (AvgIpc) is 2.81. The molecule has 4 heteroatoms. The largest absolute Gasteiger partial charge is 0.367 e. The third-order valence-corrected chi connectivity index (χ3v) is 3.60. The summed E-state index contributed by atoms with van der Waals surface area (Å²) in [6.45, 7) is 1.95. The number of aryl methyl sites for hydroxylation is 1. The quantitative estimate of drug-likeness (QED) is 0.874. The molecule has 0 bridgehead atoms. The van der Waals surface area contributed by atoms with E-state index in [1.54, 1.807) is 0 Å². The van der Waals surface area contributed by atoms with Gasteiger partial charge in [-0.2, -0.15) is 5.26 Å². The van der Waals surface area contributed by atoms with Gasteiger partial charge in [-0.3, -0.25) is 0 Å². The van der Waals surface area contributed by atoms with E-state index in [0.29, 0.717) is 5.82 Å². The second-order valence-electron chi connectivity index (χ2n) is 4.87. The van der Waals surface area contributed by atoms with Crippen LogP contribution in [-0.2, 0) is 5.41 Å². The summed E-state index contributed by atoms with van der Waals surface area (Å²) >= 11 is 0. The zero-order valence-electron chi connectivity index (χ0n) is 10.3. The average molecular weight is 238 g/mol. The third kappa shape index (κ3) is 1.60. The van der Waals surface area contributed by atoms with Gasteiger partial charge in [-0.15, -0.1) is 0 Å². The minimum Gasteiger partial charge on any atom is -0.367 e. The molecular weight excluding hydrogens is 224 g/mol. The summed E-state index contributed by atoms with van der Waals surface area (Å²) < 4.78 is 0. The first kappa shape index (κ1) is 11.0. The Labute approximate surface area is 106 Å². The van der Waals surface area contributed by atoms with Crippen LogP contribution in [-0.4, -0.2) is 15.0 Å². The maximum atomic E-state index is 9.37. The number of rotatable bonds is 2. The Kier molecular flexibility index (Phi) is 2.41. The van der Waals surface area contributed by atoms with Gasteiger partial charge >= 0.3 is 0 Å². The van der Waals surface area contributed by atoms with Crippen LogP contribution < -0.4 is 0 Å². The molecule has 2 aromatic rings. The Morgan fingerprint density at radius 1 is 1.39 bits per heavy atom. The predicted octanol–water partition coefficient (Wildman–Crippen LogP) is 2.73. The first-order valence-electron chi connectivity index (χ1n) is 6.14. The second kappa shape index (κ2) is 3.95. The number of aromatic amines is 1. The van der Waals surface area contributed by atoms with Crippen LogP contribution in [0, 0.1) is 18.3 Å². The molecule has 4 nitrogen and oxygen atoms in total. The highest BCUT2D eigenvalue weighted by Gasteiger charge is 2.42. The highest BCUT2D eigenvalue weighted by Crippen LogP contribution is 2.41. The Hall–Kier alpha value is -2.15. The zero-order valence-corrected chi connectivity index (χ0v) is 10.3. The lowest BCUT2D eigenvalue weighted by Crippen LogP contribution is -2.34. The van der Waals surface area contributed by atoms with E-state index in [-0.39, 0.29) is 0 Å². The van der Waals surface area contributed by atoms with Crippen molar-refractivity contribution in [1.29, 1.82) is 5.26 Å². The number of nitrogens with one attached hydrogen (secondary N) is 1. The lowest BCUT2D eigenvalue weighted by atomic mass is 9.69. The molecular formula is C14H14N4. The minimum absolute atomic E-state index is 0.447. The summed E-state index contributed by atoms with van der Waals surface area (Å²) in [7, 11) is 0. The fraction of sp³-hybridized carbons (Fsp3) is 0.357. The van der Waals surface area contributed by atoms with E-state index >= 15 is 0 Å². The third-order valence-electron chi connectivity index (χ3n) is 3.60. The van der Waals surface area contributed by atoms with Gasteiger partial charge in [0.05, 0.1) is 11.8 Å². The second-order valence-corrected chi connectivity index (χ2v) is 4.87. The summed E-state index contributed by atoms with van der Waals surface area (Å²) in [5.41, 5.74) is 2.39. The molecule has 0 saturated heterocycles. The number of hydrogen-bond acceptors (Lipinski definition) is 3. The van der Waals surface area contributed by atoms with E-state index in [1.807, 2.05) is 31.5 Å². The van der Waals surface area contributed by atoms with E-state index in [0.717, 1.165) is 36.2 Å². The van der Waals surface area contributed by atoms with E-state index in [4.69, 9.17) is 0 Å². The molecule has 1 N–H and O–H groups in total. The first-order chi connectivity index (χ1) is 8.73. The first-order valence-corrected chi connectivity index (χ1v) is 6.14. The lowest BCUT2D eigenvalue weighted by molar-refractivity contribution is 0.307. The summed E-state index contributed by atoms with van der Waals surface area (Å²) in [5.74, 6) is 0.687. The topological polar surface area (TPSA) is 65.4 Å². The molecule has 2 heterocycles. The van der Waals surface area contributed by atoms with Crippen LogP contribution in [0.15, 0.2) is 24.5 Å². The van der Waals surface area contributed by atoms with Crippen molar-refractivity contribution >= 4 is 0 Å². The van der Waals surface area contributed by atoms with Crippen molar-refractivity contribution < 1.29 is 0 Å². The van der Waals surface area contributed by atoms with Crippen LogP contribution in [0.2, 0.25) is 0 Å². The summed E-state index contributed by atoms with van der Waals surface area (Å²) in [6, 6.07) is 6.33. The smallest absolute Gasteiger partial charge is 0.149 e. The molecule has 3 rings (SSSR count). The Bertz CT molecular complexity index is 603. The highest BCUT2D eigenvalue weighted by atomic mass is 14.9. The fourth-order valence-corrected chi connectivity index (χ4v) is 2.33. The Morgan fingerprint density at radius 3 is 2.78 bits per heavy atom. The van der Waals surface area contributed by atoms with Crippen LogP contribution in [0.3, 0.4) is 0 Å². The molecule has 1 fully saturated rings. The van der Waals surface area contributed by atoms with Crippen LogP contribution in [0.5, 0.6) is 0 Å². The van der Waals surface area contributed by atoms with Gasteiger partial charge in [-0.25, -0.2) is 9.97 Å². The Morgan fingerprint density at radius 2 is 2.22 bits per heavy atom. The van der Waals surface area contributed by atoms with Gasteiger partial charge in [0.15, 0.2) is 0 Å². The van der Waals surface area contributed by atoms with E-state index in [2.05, 4.69) is 21.0 Å². The molecule has 1 aliphatic carbocycles. The van der Waals surface area contributed by atoms with E-state index < -0.39 is 5.41 Å². The van der Waals surface area contributed by atoms with Gasteiger partial charge in [-0.05, 0) is 38.3 Å². The monoisotopic (exact) mass is 238 g/mol. The van der Waals surface area contributed by atoms with E-state index in [9.17, 15) is 5.26 Å². The fourth-order valence-electron chi connectivity index (χ4n) is 2.33. The van der Waals surface area contributed by atoms with E-state index in [1.165, 1.54) is 0 Å². The molecule has 2 aromatic heterocycles. The van der Waals surface area contributed by atoms with Gasteiger partial charge in [-0.1, -0.05) is 0 Å². The van der Waals surface area contributed by atoms with Crippen LogP contribution in [0.25, 0.3) is 11.3 Å². The highest BCUT2D eigenvalue weighted by molar-refractivity contribution is 5.58. The van der Waals surface area contributed by atoms with Crippen molar-refractivity contribution in [1.82, 2.24) is 15.0 Å². The normalized spacial score (nSPS) is 16.9. The Balaban J connectivity index is 2.10. The van der Waals surface area contributed by atoms with Crippen molar-refractivity contribution in [3.63, 3.8) is 0 Å². The lowest BCUT2D eigenvalue weighted by Gasteiger charge is -2.33. The minimum atomic E-state index is -0.447. The molecule has 0 aliphatic heterocycles. The van der Waals surface area contributed by atoms with Gasteiger partial charge in [0.2, 0.25) is 0 Å². The number of nitriles is 1. The number of aromatic nitrogens is 3. The molecule has 0 radical (unpaired) electrons. The van der Waals surface area contributed by atoms with Gasteiger partial charge < -0.3 is 4.98 Å². The predicted molar refractivity (Wildman–Crippen MR) is 67.7 cm³/mol. The molecule has 1 saturated carbocycles. The van der Waals surface area contributed by atoms with Crippen molar-refractivity contribution in [2.24, 2.45) is 0 Å². The molecule has 0 atom stereocenters. The van der Waals surface area contributed by atoms with Gasteiger partial charge in [0.1, 0.15) is 11.2 Å². The number of nitrogens with zero attached hydrogens (tertiary/aromatic N) is 3. The van der Waals surface area contributed by atoms with Crippen molar-refractivity contribution in [3.05, 3.63) is 36.0 Å². The molecule has 0 spiro atoms. The van der Waals surface area contributed by atoms with Crippen molar-refractivity contribution in [3.8, 4) is 17.3 Å². The molecule has 1 aliphatic rings. The van der Waals surface area contributed by atoms with Crippen LogP contribution in [0.1, 0.15) is 30.8 Å². The van der Waals surface area contributed by atoms with Crippen molar-refractivity contribution in [2.75, 3.05) is 0 Å².